The van der Waals surface area contributed by atoms with Crippen molar-refractivity contribution in [2.75, 3.05) is 0 Å². The van der Waals surface area contributed by atoms with Gasteiger partial charge in [-0.1, -0.05) is 0 Å². The second kappa shape index (κ2) is 2.95. The smallest absolute Gasteiger partial charge is 0.118 e. The molecule has 6 heteroatoms. The van der Waals surface area contributed by atoms with Crippen molar-refractivity contribution in [3.8, 4) is 0 Å². The molecule has 0 aliphatic rings. The van der Waals surface area contributed by atoms with Crippen molar-refractivity contribution in [2.45, 2.75) is 0 Å². The standard InChI is InChI=1S/C6H6N6/c1-3-11(5-7-1)9-10-12-4-2-8-6-12/h1-6H. The summed E-state index contributed by atoms with van der Waals surface area (Å²) in [5.74, 6) is 0. The zero-order valence-corrected chi connectivity index (χ0v) is 6.15. The second-order valence-corrected chi connectivity index (χ2v) is 2.06. The molecule has 2 aromatic rings. The summed E-state index contributed by atoms with van der Waals surface area (Å²) < 4.78 is 3.00. The van der Waals surface area contributed by atoms with Gasteiger partial charge in [-0.3, -0.25) is 0 Å². The first-order valence-corrected chi connectivity index (χ1v) is 3.33. The normalized spacial score (nSPS) is 11.0. The van der Waals surface area contributed by atoms with Crippen LogP contribution in [0.2, 0.25) is 0 Å². The van der Waals surface area contributed by atoms with Gasteiger partial charge >= 0.3 is 0 Å². The predicted octanol–water partition coefficient (Wildman–Crippen LogP) is 0.758. The van der Waals surface area contributed by atoms with Crippen LogP contribution in [0, 0.1) is 0 Å². The molecule has 2 aromatic heterocycles. The lowest BCUT2D eigenvalue weighted by Crippen LogP contribution is -1.85. The summed E-state index contributed by atoms with van der Waals surface area (Å²) in [6.07, 6.45) is 9.77. The lowest BCUT2D eigenvalue weighted by Gasteiger charge is -1.88. The number of aromatic nitrogens is 4. The number of hydrogen-bond donors (Lipinski definition) is 0. The van der Waals surface area contributed by atoms with Gasteiger partial charge in [0, 0.05) is 12.4 Å². The van der Waals surface area contributed by atoms with Gasteiger partial charge in [-0.15, -0.1) is 0 Å². The minimum atomic E-state index is 1.50. The summed E-state index contributed by atoms with van der Waals surface area (Å²) in [6, 6.07) is 0. The number of imidazole rings is 2. The van der Waals surface area contributed by atoms with Gasteiger partial charge in [-0.2, -0.15) is 0 Å². The Morgan fingerprint density at radius 3 is 1.67 bits per heavy atom. The third kappa shape index (κ3) is 1.36. The molecular weight excluding hydrogens is 156 g/mol. The Hall–Kier alpha value is -1.98. The molecular formula is C6H6N6. The molecule has 0 bridgehead atoms. The molecule has 2 heterocycles. The SMILES string of the molecule is c1cn(N=Nn2ccnc2)cn1. The van der Waals surface area contributed by atoms with E-state index in [9.17, 15) is 0 Å². The molecule has 0 fully saturated rings. The molecule has 2 rings (SSSR count). The van der Waals surface area contributed by atoms with E-state index < -0.39 is 0 Å². The van der Waals surface area contributed by atoms with Crippen LogP contribution in [0.25, 0.3) is 0 Å². The molecule has 6 nitrogen and oxygen atoms in total. The number of hydrogen-bond acceptors (Lipinski definition) is 4. The molecule has 0 aliphatic heterocycles. The maximum absolute atomic E-state index is 3.81. The van der Waals surface area contributed by atoms with Crippen molar-refractivity contribution >= 4 is 0 Å². The summed E-state index contributed by atoms with van der Waals surface area (Å²) in [4.78, 5) is 7.61. The molecule has 60 valence electrons. The van der Waals surface area contributed by atoms with E-state index in [4.69, 9.17) is 0 Å². The molecule has 0 aliphatic carbocycles. The van der Waals surface area contributed by atoms with Crippen LogP contribution in [-0.2, 0) is 0 Å². The molecule has 0 saturated heterocycles. The lowest BCUT2D eigenvalue weighted by molar-refractivity contribution is 0.685. The van der Waals surface area contributed by atoms with E-state index in [-0.39, 0.29) is 0 Å². The van der Waals surface area contributed by atoms with E-state index in [0.29, 0.717) is 0 Å². The van der Waals surface area contributed by atoms with Crippen molar-refractivity contribution in [3.63, 3.8) is 0 Å². The minimum absolute atomic E-state index is 1.50. The van der Waals surface area contributed by atoms with Gasteiger partial charge in [0.25, 0.3) is 0 Å². The van der Waals surface area contributed by atoms with Crippen LogP contribution >= 0.6 is 0 Å². The van der Waals surface area contributed by atoms with E-state index in [1.165, 1.54) is 9.35 Å². The van der Waals surface area contributed by atoms with Crippen LogP contribution in [0.15, 0.2) is 47.9 Å². The molecule has 0 amide bonds. The maximum Gasteiger partial charge on any atom is 0.118 e. The summed E-state index contributed by atoms with van der Waals surface area (Å²) in [5, 5.41) is 7.62. The van der Waals surface area contributed by atoms with Crippen molar-refractivity contribution in [3.05, 3.63) is 37.4 Å². The van der Waals surface area contributed by atoms with E-state index in [2.05, 4.69) is 20.4 Å². The molecule has 0 unspecified atom stereocenters. The average Bonchev–Trinajstić information content (AvgIpc) is 2.74. The topological polar surface area (TPSA) is 60.4 Å². The van der Waals surface area contributed by atoms with Crippen molar-refractivity contribution in [1.29, 1.82) is 0 Å². The molecule has 0 aromatic carbocycles. The fraction of sp³-hybridized carbons (Fsp3) is 0. The Labute approximate surface area is 68.2 Å². The van der Waals surface area contributed by atoms with Crippen molar-refractivity contribution in [1.82, 2.24) is 19.3 Å². The van der Waals surface area contributed by atoms with Gasteiger partial charge < -0.3 is 0 Å². The predicted molar refractivity (Wildman–Crippen MR) is 40.1 cm³/mol. The number of rotatable bonds is 2. The first-order chi connectivity index (χ1) is 5.95. The highest BCUT2D eigenvalue weighted by molar-refractivity contribution is 4.73. The summed E-state index contributed by atoms with van der Waals surface area (Å²) >= 11 is 0. The van der Waals surface area contributed by atoms with Gasteiger partial charge in [0.15, 0.2) is 0 Å². The van der Waals surface area contributed by atoms with Crippen molar-refractivity contribution in [2.24, 2.45) is 10.4 Å². The third-order valence-electron chi connectivity index (χ3n) is 1.23. The fourth-order valence-electron chi connectivity index (χ4n) is 0.702. The molecule has 0 radical (unpaired) electrons. The first-order valence-electron chi connectivity index (χ1n) is 3.33. The zero-order valence-electron chi connectivity index (χ0n) is 6.15. The largest absolute Gasteiger partial charge is 0.243 e. The molecule has 0 spiro atoms. The van der Waals surface area contributed by atoms with Crippen molar-refractivity contribution < 1.29 is 0 Å². The summed E-state index contributed by atoms with van der Waals surface area (Å²) in [6.45, 7) is 0. The van der Waals surface area contributed by atoms with Gasteiger partial charge in [0.1, 0.15) is 12.7 Å². The highest BCUT2D eigenvalue weighted by Crippen LogP contribution is 1.89. The lowest BCUT2D eigenvalue weighted by atomic mass is 11.0. The Morgan fingerprint density at radius 1 is 0.833 bits per heavy atom. The molecule has 0 atom stereocenters. The Kier molecular flexibility index (Phi) is 1.65. The molecule has 12 heavy (non-hydrogen) atoms. The van der Waals surface area contributed by atoms with E-state index in [0.717, 1.165) is 0 Å². The van der Waals surface area contributed by atoms with Gasteiger partial charge in [0.05, 0.1) is 12.4 Å². The first kappa shape index (κ1) is 6.71. The van der Waals surface area contributed by atoms with Crippen LogP contribution in [-0.4, -0.2) is 19.3 Å². The zero-order chi connectivity index (χ0) is 8.23. The van der Waals surface area contributed by atoms with Crippen LogP contribution in [0.4, 0.5) is 0 Å². The highest BCUT2D eigenvalue weighted by Gasteiger charge is 1.83. The highest BCUT2D eigenvalue weighted by atomic mass is 15.6. The molecule has 0 saturated carbocycles. The average molecular weight is 162 g/mol. The Balaban J connectivity index is 2.14. The maximum atomic E-state index is 3.81. The van der Waals surface area contributed by atoms with Crippen LogP contribution in [0.1, 0.15) is 0 Å². The second-order valence-electron chi connectivity index (χ2n) is 2.06. The van der Waals surface area contributed by atoms with E-state index in [1.54, 1.807) is 37.4 Å². The minimum Gasteiger partial charge on any atom is -0.243 e. The Bertz CT molecular complexity index is 309. The fourth-order valence-corrected chi connectivity index (χ4v) is 0.702. The summed E-state index contributed by atoms with van der Waals surface area (Å²) in [7, 11) is 0. The van der Waals surface area contributed by atoms with Gasteiger partial charge in [-0.05, 0) is 10.4 Å². The van der Waals surface area contributed by atoms with Crippen LogP contribution in [0.3, 0.4) is 0 Å². The quantitative estimate of drug-likeness (QED) is 0.612. The van der Waals surface area contributed by atoms with Crippen LogP contribution < -0.4 is 0 Å². The van der Waals surface area contributed by atoms with E-state index >= 15 is 0 Å². The molecule has 0 N–H and O–H groups in total. The number of nitrogens with zero attached hydrogens (tertiary/aromatic N) is 6. The Morgan fingerprint density at radius 2 is 1.33 bits per heavy atom. The van der Waals surface area contributed by atoms with Gasteiger partial charge in [-0.25, -0.2) is 19.3 Å². The summed E-state index contributed by atoms with van der Waals surface area (Å²) in [5.41, 5.74) is 0. The van der Waals surface area contributed by atoms with E-state index in [1.807, 2.05) is 0 Å². The van der Waals surface area contributed by atoms with Crippen LogP contribution in [0.5, 0.6) is 0 Å². The third-order valence-corrected chi connectivity index (χ3v) is 1.23. The van der Waals surface area contributed by atoms with Gasteiger partial charge in [0.2, 0.25) is 0 Å². The monoisotopic (exact) mass is 162 g/mol.